The van der Waals surface area contributed by atoms with Crippen molar-refractivity contribution >= 4 is 22.6 Å². The molecular weight excluding hydrogens is 308 g/mol. The number of hydrogen-bond donors (Lipinski definition) is 2. The molecule has 120 valence electrons. The summed E-state index contributed by atoms with van der Waals surface area (Å²) >= 11 is 0. The van der Waals surface area contributed by atoms with Crippen molar-refractivity contribution in [1.29, 1.82) is 5.26 Å². The van der Waals surface area contributed by atoms with Gasteiger partial charge in [0.2, 0.25) is 5.56 Å². The monoisotopic (exact) mass is 322 g/mol. The maximum Gasteiger partial charge on any atom is 0.357 e. The average molecular weight is 322 g/mol. The number of benzene rings is 1. The number of H-pyrrole nitrogens is 1. The fraction of sp³-hybridized carbons (Fsp3) is 0.118. The van der Waals surface area contributed by atoms with E-state index in [0.717, 1.165) is 10.9 Å². The molecule has 24 heavy (non-hydrogen) atoms. The number of anilines is 1. The number of nitrogens with one attached hydrogen (secondary N) is 1. The number of methoxy groups -OCH3 is 1. The summed E-state index contributed by atoms with van der Waals surface area (Å²) < 4.78 is 6.28. The number of hydrogen-bond acceptors (Lipinski definition) is 5. The number of fused-ring (bicyclic) bond motifs is 1. The summed E-state index contributed by atoms with van der Waals surface area (Å²) in [5, 5.41) is 10.00. The van der Waals surface area contributed by atoms with Crippen LogP contribution in [0.15, 0.2) is 35.3 Å². The number of aryl methyl sites for hydroxylation is 1. The topological polar surface area (TPSA) is 114 Å². The number of nitrogens with two attached hydrogens (primary N) is 1. The molecule has 0 atom stereocenters. The molecule has 1 aromatic carbocycles. The zero-order valence-corrected chi connectivity index (χ0v) is 13.1. The van der Waals surface area contributed by atoms with E-state index >= 15 is 0 Å². The van der Waals surface area contributed by atoms with Crippen LogP contribution in [-0.4, -0.2) is 22.6 Å². The lowest BCUT2D eigenvalue weighted by atomic mass is 10.1. The minimum absolute atomic E-state index is 0.0719. The van der Waals surface area contributed by atoms with E-state index in [1.54, 1.807) is 12.1 Å². The maximum absolute atomic E-state index is 12.1. The number of aromatic nitrogens is 2. The van der Waals surface area contributed by atoms with Crippen molar-refractivity contribution in [2.45, 2.75) is 6.92 Å². The first-order valence-electron chi connectivity index (χ1n) is 7.09. The van der Waals surface area contributed by atoms with Crippen LogP contribution in [0, 0.1) is 18.3 Å². The Bertz CT molecular complexity index is 1070. The van der Waals surface area contributed by atoms with E-state index in [2.05, 4.69) is 4.98 Å². The summed E-state index contributed by atoms with van der Waals surface area (Å²) in [6.07, 6.45) is 1.49. The van der Waals surface area contributed by atoms with Crippen molar-refractivity contribution in [2.75, 3.05) is 12.8 Å². The van der Waals surface area contributed by atoms with Gasteiger partial charge in [-0.15, -0.1) is 0 Å². The molecule has 2 heterocycles. The Morgan fingerprint density at radius 2 is 2.12 bits per heavy atom. The lowest BCUT2D eigenvalue weighted by molar-refractivity contribution is 0.0593. The number of ether oxygens (including phenoxy) is 1. The van der Waals surface area contributed by atoms with Gasteiger partial charge >= 0.3 is 5.97 Å². The van der Waals surface area contributed by atoms with Crippen LogP contribution in [0.4, 0.5) is 5.69 Å². The Hall–Kier alpha value is -3.53. The average Bonchev–Trinajstić information content (AvgIpc) is 2.90. The Morgan fingerprint density at radius 3 is 2.79 bits per heavy atom. The lowest BCUT2D eigenvalue weighted by Gasteiger charge is -2.10. The van der Waals surface area contributed by atoms with E-state index in [0.29, 0.717) is 11.2 Å². The summed E-state index contributed by atoms with van der Waals surface area (Å²) in [5.74, 6) is -0.632. The van der Waals surface area contributed by atoms with Crippen molar-refractivity contribution in [3.05, 3.63) is 57.6 Å². The van der Waals surface area contributed by atoms with Gasteiger partial charge in [0.05, 0.1) is 18.4 Å². The van der Waals surface area contributed by atoms with Crippen LogP contribution >= 0.6 is 0 Å². The van der Waals surface area contributed by atoms with Crippen molar-refractivity contribution in [1.82, 2.24) is 9.55 Å². The molecule has 0 unspecified atom stereocenters. The van der Waals surface area contributed by atoms with Crippen LogP contribution in [0.25, 0.3) is 16.6 Å². The lowest BCUT2D eigenvalue weighted by Crippen LogP contribution is -2.11. The molecule has 7 heteroatoms. The molecule has 0 aliphatic rings. The minimum Gasteiger partial charge on any atom is -0.464 e. The molecule has 0 aliphatic carbocycles. The van der Waals surface area contributed by atoms with Gasteiger partial charge in [0.15, 0.2) is 5.69 Å². The van der Waals surface area contributed by atoms with Crippen LogP contribution in [0.1, 0.15) is 21.6 Å². The van der Waals surface area contributed by atoms with E-state index in [1.165, 1.54) is 23.9 Å². The smallest absolute Gasteiger partial charge is 0.357 e. The van der Waals surface area contributed by atoms with E-state index in [1.807, 2.05) is 19.1 Å². The van der Waals surface area contributed by atoms with Gasteiger partial charge in [-0.3, -0.25) is 4.79 Å². The highest BCUT2D eigenvalue weighted by molar-refractivity contribution is 5.96. The van der Waals surface area contributed by atoms with E-state index in [9.17, 15) is 9.59 Å². The van der Waals surface area contributed by atoms with Gasteiger partial charge < -0.3 is 20.0 Å². The second kappa shape index (κ2) is 5.59. The third kappa shape index (κ3) is 2.30. The molecule has 0 saturated heterocycles. The normalized spacial score (nSPS) is 10.5. The fourth-order valence-electron chi connectivity index (χ4n) is 2.68. The Kier molecular flexibility index (Phi) is 3.58. The third-order valence-corrected chi connectivity index (χ3v) is 3.86. The molecule has 2 aromatic heterocycles. The molecule has 3 aromatic rings. The van der Waals surface area contributed by atoms with Gasteiger partial charge in [-0.25, -0.2) is 4.79 Å². The molecule has 3 N–H and O–H groups in total. The molecule has 0 spiro atoms. The predicted octanol–water partition coefficient (Wildman–Crippen LogP) is 1.87. The molecule has 0 fully saturated rings. The first-order chi connectivity index (χ1) is 11.5. The van der Waals surface area contributed by atoms with Gasteiger partial charge in [-0.05, 0) is 30.7 Å². The molecule has 0 amide bonds. The summed E-state index contributed by atoms with van der Waals surface area (Å²) in [6.45, 7) is 1.83. The first kappa shape index (κ1) is 15.4. The predicted molar refractivity (Wildman–Crippen MR) is 89.1 cm³/mol. The number of nitriles is 1. The van der Waals surface area contributed by atoms with Gasteiger partial charge in [0.25, 0.3) is 0 Å². The number of carbonyl (C=O) groups is 1. The van der Waals surface area contributed by atoms with E-state index in [-0.39, 0.29) is 22.5 Å². The second-order valence-electron chi connectivity index (χ2n) is 5.32. The molecule has 0 radical (unpaired) electrons. The number of carbonyl (C=O) groups excluding carboxylic acids is 1. The van der Waals surface area contributed by atoms with Crippen molar-refractivity contribution < 1.29 is 9.53 Å². The standard InChI is InChI=1S/C17H14N4O3/c1-9-5-14(22)20-13-4-3-11(6-12(9)13)21-8-10(7-18)15(19)16(21)17(23)24-2/h3-6,8H,19H2,1-2H3,(H,20,22). The quantitative estimate of drug-likeness (QED) is 0.699. The van der Waals surface area contributed by atoms with Gasteiger partial charge in [-0.1, -0.05) is 0 Å². The van der Waals surface area contributed by atoms with Crippen LogP contribution in [-0.2, 0) is 4.74 Å². The van der Waals surface area contributed by atoms with E-state index in [4.69, 9.17) is 15.7 Å². The minimum atomic E-state index is -0.632. The number of aromatic amines is 1. The number of rotatable bonds is 2. The van der Waals surface area contributed by atoms with Crippen LogP contribution in [0.3, 0.4) is 0 Å². The highest BCUT2D eigenvalue weighted by Crippen LogP contribution is 2.26. The number of esters is 1. The zero-order chi connectivity index (χ0) is 17.4. The maximum atomic E-state index is 12.1. The van der Waals surface area contributed by atoms with Gasteiger partial charge in [0.1, 0.15) is 6.07 Å². The largest absolute Gasteiger partial charge is 0.464 e. The van der Waals surface area contributed by atoms with Crippen LogP contribution in [0.2, 0.25) is 0 Å². The summed E-state index contributed by atoms with van der Waals surface area (Å²) in [4.78, 5) is 26.4. The van der Waals surface area contributed by atoms with Crippen LogP contribution in [0.5, 0.6) is 0 Å². The zero-order valence-electron chi connectivity index (χ0n) is 13.1. The number of nitrogen functional groups attached to an aromatic ring is 1. The summed E-state index contributed by atoms with van der Waals surface area (Å²) in [5.41, 5.74) is 8.19. The fourth-order valence-corrected chi connectivity index (χ4v) is 2.68. The van der Waals surface area contributed by atoms with Crippen molar-refractivity contribution in [3.63, 3.8) is 0 Å². The molecular formula is C17H14N4O3. The van der Waals surface area contributed by atoms with E-state index < -0.39 is 5.97 Å². The Labute approximate surface area is 136 Å². The van der Waals surface area contributed by atoms with Gasteiger partial charge in [-0.2, -0.15) is 5.26 Å². The van der Waals surface area contributed by atoms with Crippen LogP contribution < -0.4 is 11.3 Å². The third-order valence-electron chi connectivity index (χ3n) is 3.86. The molecule has 0 aliphatic heterocycles. The number of nitrogens with zero attached hydrogens (tertiary/aromatic N) is 2. The SMILES string of the molecule is COC(=O)c1c(N)c(C#N)cn1-c1ccc2[nH]c(=O)cc(C)c2c1. The number of pyridine rings is 1. The first-order valence-corrected chi connectivity index (χ1v) is 7.09. The highest BCUT2D eigenvalue weighted by Gasteiger charge is 2.21. The van der Waals surface area contributed by atoms with Crippen molar-refractivity contribution in [3.8, 4) is 11.8 Å². The molecule has 3 rings (SSSR count). The Balaban J connectivity index is 2.30. The van der Waals surface area contributed by atoms with Gasteiger partial charge in [0, 0.05) is 28.9 Å². The Morgan fingerprint density at radius 1 is 1.38 bits per heavy atom. The molecule has 0 bridgehead atoms. The highest BCUT2D eigenvalue weighted by atomic mass is 16.5. The summed E-state index contributed by atoms with van der Waals surface area (Å²) in [7, 11) is 1.25. The second-order valence-corrected chi connectivity index (χ2v) is 5.32. The summed E-state index contributed by atoms with van der Waals surface area (Å²) in [6, 6.07) is 8.74. The molecule has 0 saturated carbocycles. The van der Waals surface area contributed by atoms with Crippen molar-refractivity contribution in [2.24, 2.45) is 0 Å². The molecule has 7 nitrogen and oxygen atoms in total.